The highest BCUT2D eigenvalue weighted by molar-refractivity contribution is 5.81. The van der Waals surface area contributed by atoms with Gasteiger partial charge in [0.15, 0.2) is 0 Å². The smallest absolute Gasteiger partial charge is 0.0895 e. The Hall–Kier alpha value is -2.09. The lowest BCUT2D eigenvalue weighted by molar-refractivity contribution is 1.01. The molecule has 19 heavy (non-hydrogen) atoms. The molecule has 0 unspecified atom stereocenters. The second-order valence-electron chi connectivity index (χ2n) is 5.10. The molecule has 1 heterocycles. The lowest BCUT2D eigenvalue weighted by atomic mass is 9.98. The van der Waals surface area contributed by atoms with Crippen LogP contribution in [-0.2, 0) is 6.42 Å². The number of hydrogen-bond donors (Lipinski definition) is 1. The van der Waals surface area contributed by atoms with Gasteiger partial charge in [0.05, 0.1) is 11.4 Å². The van der Waals surface area contributed by atoms with Crippen LogP contribution in [0.4, 0.5) is 17.1 Å². The Morgan fingerprint density at radius 1 is 1.00 bits per heavy atom. The van der Waals surface area contributed by atoms with Crippen LogP contribution < -0.4 is 5.32 Å². The summed E-state index contributed by atoms with van der Waals surface area (Å²) in [5.74, 6) is 0. The van der Waals surface area contributed by atoms with Crippen LogP contribution in [0.2, 0.25) is 0 Å². The molecule has 0 saturated carbocycles. The minimum atomic E-state index is 1.04. The number of nitrogens with one attached hydrogen (secondary N) is 1. The number of nitrogens with zero attached hydrogens (tertiary/aromatic N) is 1. The van der Waals surface area contributed by atoms with E-state index < -0.39 is 0 Å². The van der Waals surface area contributed by atoms with Gasteiger partial charge in [0.25, 0.3) is 0 Å². The fourth-order valence-electron chi connectivity index (χ4n) is 2.46. The molecule has 2 aromatic carbocycles. The first-order valence-electron chi connectivity index (χ1n) is 6.73. The van der Waals surface area contributed by atoms with Crippen molar-refractivity contribution in [2.24, 2.45) is 4.99 Å². The van der Waals surface area contributed by atoms with E-state index in [-0.39, 0.29) is 0 Å². The Bertz CT molecular complexity index is 624. The van der Waals surface area contributed by atoms with Gasteiger partial charge in [-0.05, 0) is 56.0 Å². The van der Waals surface area contributed by atoms with Crippen LogP contribution in [0.3, 0.4) is 0 Å². The first kappa shape index (κ1) is 12.0. The quantitative estimate of drug-likeness (QED) is 0.821. The van der Waals surface area contributed by atoms with E-state index >= 15 is 0 Å². The number of fused-ring (bicyclic) bond motifs is 1. The molecule has 0 aliphatic carbocycles. The number of aryl methyl sites for hydroxylation is 2. The van der Waals surface area contributed by atoms with Crippen molar-refractivity contribution in [2.45, 2.75) is 26.7 Å². The number of aliphatic imine (C=N–C) groups is 1. The predicted octanol–water partition coefficient (Wildman–Crippen LogP) is 4.70. The van der Waals surface area contributed by atoms with E-state index in [1.165, 1.54) is 16.7 Å². The Morgan fingerprint density at radius 3 is 2.58 bits per heavy atom. The summed E-state index contributed by atoms with van der Waals surface area (Å²) in [5, 5.41) is 3.47. The van der Waals surface area contributed by atoms with E-state index in [0.29, 0.717) is 0 Å². The van der Waals surface area contributed by atoms with Gasteiger partial charge in [-0.15, -0.1) is 0 Å². The van der Waals surface area contributed by atoms with Crippen molar-refractivity contribution in [1.29, 1.82) is 0 Å². The van der Waals surface area contributed by atoms with E-state index in [1.807, 2.05) is 6.21 Å². The predicted molar refractivity (Wildman–Crippen MR) is 82.1 cm³/mol. The maximum Gasteiger partial charge on any atom is 0.0895 e. The van der Waals surface area contributed by atoms with Crippen LogP contribution in [0.5, 0.6) is 0 Å². The summed E-state index contributed by atoms with van der Waals surface area (Å²) in [6.45, 7) is 4.26. The Labute approximate surface area is 114 Å². The van der Waals surface area contributed by atoms with Crippen molar-refractivity contribution < 1.29 is 0 Å². The maximum atomic E-state index is 4.58. The van der Waals surface area contributed by atoms with Crippen molar-refractivity contribution in [3.63, 3.8) is 0 Å². The molecule has 1 N–H and O–H groups in total. The topological polar surface area (TPSA) is 24.4 Å². The van der Waals surface area contributed by atoms with Crippen LogP contribution in [0.25, 0.3) is 0 Å². The largest absolute Gasteiger partial charge is 0.354 e. The van der Waals surface area contributed by atoms with Crippen LogP contribution in [0.15, 0.2) is 41.4 Å². The van der Waals surface area contributed by atoms with Gasteiger partial charge in [-0.3, -0.25) is 4.99 Å². The molecule has 0 fully saturated rings. The molecule has 0 bridgehead atoms. The third kappa shape index (κ3) is 2.39. The van der Waals surface area contributed by atoms with Gasteiger partial charge in [0.1, 0.15) is 0 Å². The molecule has 0 saturated heterocycles. The number of hydrogen-bond acceptors (Lipinski definition) is 2. The molecule has 2 nitrogen and oxygen atoms in total. The Morgan fingerprint density at radius 2 is 1.79 bits per heavy atom. The standard InChI is InChI=1S/C17H18N2/c1-12-5-8-14(9-6-12)19-16-10-7-13(2)15-4-3-11-18-17(15)16/h5-11,19H,3-4H2,1-2H3. The summed E-state index contributed by atoms with van der Waals surface area (Å²) < 4.78 is 0. The summed E-state index contributed by atoms with van der Waals surface area (Å²) in [6.07, 6.45) is 4.15. The molecule has 0 spiro atoms. The number of benzene rings is 2. The lowest BCUT2D eigenvalue weighted by Crippen LogP contribution is -2.00. The number of anilines is 2. The average molecular weight is 250 g/mol. The van der Waals surface area contributed by atoms with Gasteiger partial charge in [0, 0.05) is 11.9 Å². The Kier molecular flexibility index (Phi) is 3.08. The third-order valence-corrected chi connectivity index (χ3v) is 3.59. The van der Waals surface area contributed by atoms with E-state index in [9.17, 15) is 0 Å². The van der Waals surface area contributed by atoms with Crippen LogP contribution >= 0.6 is 0 Å². The van der Waals surface area contributed by atoms with E-state index in [4.69, 9.17) is 0 Å². The van der Waals surface area contributed by atoms with Gasteiger partial charge >= 0.3 is 0 Å². The van der Waals surface area contributed by atoms with Crippen molar-refractivity contribution in [3.8, 4) is 0 Å². The highest BCUT2D eigenvalue weighted by atomic mass is 14.9. The summed E-state index contributed by atoms with van der Waals surface area (Å²) in [5.41, 5.74) is 7.29. The van der Waals surface area contributed by atoms with Gasteiger partial charge in [-0.25, -0.2) is 0 Å². The number of rotatable bonds is 2. The molecular weight excluding hydrogens is 232 g/mol. The SMILES string of the molecule is Cc1ccc(Nc2ccc(C)c3c2N=CCC3)cc1. The monoisotopic (exact) mass is 250 g/mol. The molecule has 96 valence electrons. The van der Waals surface area contributed by atoms with Crippen LogP contribution in [0.1, 0.15) is 23.1 Å². The van der Waals surface area contributed by atoms with Crippen molar-refractivity contribution >= 4 is 23.3 Å². The molecule has 0 aromatic heterocycles. The molecule has 3 rings (SSSR count). The summed E-state index contributed by atoms with van der Waals surface area (Å²) in [4.78, 5) is 4.58. The van der Waals surface area contributed by atoms with Gasteiger partial charge in [-0.2, -0.15) is 0 Å². The second-order valence-corrected chi connectivity index (χ2v) is 5.10. The van der Waals surface area contributed by atoms with Gasteiger partial charge < -0.3 is 5.32 Å². The highest BCUT2D eigenvalue weighted by Crippen LogP contribution is 2.36. The van der Waals surface area contributed by atoms with Crippen LogP contribution in [-0.4, -0.2) is 6.21 Å². The van der Waals surface area contributed by atoms with Crippen LogP contribution in [0, 0.1) is 13.8 Å². The van der Waals surface area contributed by atoms with E-state index in [0.717, 1.165) is 29.9 Å². The lowest BCUT2D eigenvalue weighted by Gasteiger charge is -2.18. The molecule has 1 aliphatic rings. The molecule has 0 atom stereocenters. The zero-order valence-corrected chi connectivity index (χ0v) is 11.4. The van der Waals surface area contributed by atoms with Crippen molar-refractivity contribution in [1.82, 2.24) is 0 Å². The van der Waals surface area contributed by atoms with E-state index in [1.54, 1.807) is 0 Å². The average Bonchev–Trinajstić information content (AvgIpc) is 2.45. The zero-order chi connectivity index (χ0) is 13.2. The highest BCUT2D eigenvalue weighted by Gasteiger charge is 2.13. The first-order valence-corrected chi connectivity index (χ1v) is 6.73. The first-order chi connectivity index (χ1) is 9.24. The minimum Gasteiger partial charge on any atom is -0.354 e. The minimum absolute atomic E-state index is 1.04. The molecular formula is C17H18N2. The fraction of sp³-hybridized carbons (Fsp3) is 0.235. The summed E-state index contributed by atoms with van der Waals surface area (Å²) in [6, 6.07) is 12.7. The molecule has 0 amide bonds. The van der Waals surface area contributed by atoms with Crippen molar-refractivity contribution in [3.05, 3.63) is 53.1 Å². The second kappa shape index (κ2) is 4.88. The molecule has 2 heteroatoms. The Balaban J connectivity index is 1.98. The normalized spacial score (nSPS) is 13.2. The van der Waals surface area contributed by atoms with E-state index in [2.05, 4.69) is 60.6 Å². The fourth-order valence-corrected chi connectivity index (χ4v) is 2.46. The van der Waals surface area contributed by atoms with Gasteiger partial charge in [-0.1, -0.05) is 23.8 Å². The van der Waals surface area contributed by atoms with Crippen molar-refractivity contribution in [2.75, 3.05) is 5.32 Å². The summed E-state index contributed by atoms with van der Waals surface area (Å²) >= 11 is 0. The molecule has 0 radical (unpaired) electrons. The molecule has 2 aromatic rings. The third-order valence-electron chi connectivity index (χ3n) is 3.59. The zero-order valence-electron chi connectivity index (χ0n) is 11.4. The maximum absolute atomic E-state index is 4.58. The van der Waals surface area contributed by atoms with Gasteiger partial charge in [0.2, 0.25) is 0 Å². The molecule has 1 aliphatic heterocycles. The summed E-state index contributed by atoms with van der Waals surface area (Å²) in [7, 11) is 0.